The number of morpholine rings is 1. The van der Waals surface area contributed by atoms with Crippen LogP contribution in [0.15, 0.2) is 30.6 Å². The van der Waals surface area contributed by atoms with Crippen LogP contribution in [0, 0.1) is 5.92 Å². The zero-order valence-electron chi connectivity index (χ0n) is 18.6. The van der Waals surface area contributed by atoms with E-state index in [0.29, 0.717) is 31.7 Å². The molecule has 2 N–H and O–H groups in total. The molecule has 8 nitrogen and oxygen atoms in total. The maximum atomic E-state index is 12.8. The average Bonchev–Trinajstić information content (AvgIpc) is 3.43. The second-order valence-corrected chi connectivity index (χ2v) is 9.43. The fraction of sp³-hybridized carbons (Fsp3) is 0.609. The van der Waals surface area contributed by atoms with Crippen LogP contribution >= 0.6 is 0 Å². The molecule has 1 amide bonds. The zero-order valence-corrected chi connectivity index (χ0v) is 18.6. The first kappa shape index (κ1) is 21.8. The highest BCUT2D eigenvalue weighted by atomic mass is 16.6. The van der Waals surface area contributed by atoms with Gasteiger partial charge in [0.15, 0.2) is 5.82 Å². The molecule has 4 rings (SSSR count). The first-order chi connectivity index (χ1) is 14.9. The highest BCUT2D eigenvalue weighted by molar-refractivity contribution is 5.68. The largest absolute Gasteiger partial charge is 0.444 e. The van der Waals surface area contributed by atoms with E-state index < -0.39 is 5.60 Å². The summed E-state index contributed by atoms with van der Waals surface area (Å²) in [5, 5.41) is 10.6. The number of amides is 1. The SMILES string of the molecule is CC(C)(C)OC(=O)N1CCOC[C@@H]1[C@@H]1CCC[C@H]1NCc1cccc(-c2ncn[nH]2)c1. The summed E-state index contributed by atoms with van der Waals surface area (Å²) in [5.41, 5.74) is 1.72. The van der Waals surface area contributed by atoms with Gasteiger partial charge in [-0.15, -0.1) is 0 Å². The molecule has 168 valence electrons. The van der Waals surface area contributed by atoms with Gasteiger partial charge >= 0.3 is 6.09 Å². The van der Waals surface area contributed by atoms with E-state index in [0.717, 1.165) is 37.2 Å². The Kier molecular flexibility index (Phi) is 6.57. The molecule has 2 fully saturated rings. The Hall–Kier alpha value is -2.45. The lowest BCUT2D eigenvalue weighted by molar-refractivity contribution is -0.0487. The normalized spacial score (nSPS) is 24.4. The Labute approximate surface area is 183 Å². The first-order valence-corrected chi connectivity index (χ1v) is 11.2. The second kappa shape index (κ2) is 9.36. The van der Waals surface area contributed by atoms with Gasteiger partial charge in [-0.05, 0) is 51.2 Å². The molecule has 0 radical (unpaired) electrons. The lowest BCUT2D eigenvalue weighted by atomic mass is 9.92. The molecule has 0 unspecified atom stereocenters. The first-order valence-electron chi connectivity index (χ1n) is 11.2. The van der Waals surface area contributed by atoms with Gasteiger partial charge in [-0.3, -0.25) is 5.10 Å². The molecule has 1 aromatic heterocycles. The Morgan fingerprint density at radius 3 is 3.00 bits per heavy atom. The molecule has 2 aromatic rings. The molecular formula is C23H33N5O3. The smallest absolute Gasteiger partial charge is 0.410 e. The van der Waals surface area contributed by atoms with Gasteiger partial charge in [0.2, 0.25) is 0 Å². The number of hydrogen-bond acceptors (Lipinski definition) is 6. The van der Waals surface area contributed by atoms with E-state index in [1.54, 1.807) is 0 Å². The summed E-state index contributed by atoms with van der Waals surface area (Å²) in [7, 11) is 0. The van der Waals surface area contributed by atoms with Crippen molar-refractivity contribution in [2.24, 2.45) is 5.92 Å². The van der Waals surface area contributed by atoms with E-state index in [1.165, 1.54) is 11.9 Å². The molecule has 0 bridgehead atoms. The third-order valence-electron chi connectivity index (χ3n) is 6.04. The van der Waals surface area contributed by atoms with Gasteiger partial charge in [-0.2, -0.15) is 5.10 Å². The van der Waals surface area contributed by atoms with Crippen molar-refractivity contribution in [2.75, 3.05) is 19.8 Å². The van der Waals surface area contributed by atoms with Gasteiger partial charge in [-0.25, -0.2) is 9.78 Å². The summed E-state index contributed by atoms with van der Waals surface area (Å²) < 4.78 is 11.5. The topological polar surface area (TPSA) is 92.4 Å². The number of carbonyl (C=O) groups excluding carboxylic acids is 1. The van der Waals surface area contributed by atoms with Crippen LogP contribution in [0.4, 0.5) is 4.79 Å². The highest BCUT2D eigenvalue weighted by Crippen LogP contribution is 2.33. The quantitative estimate of drug-likeness (QED) is 0.760. The summed E-state index contributed by atoms with van der Waals surface area (Å²) >= 11 is 0. The minimum Gasteiger partial charge on any atom is -0.444 e. The number of aromatic amines is 1. The predicted octanol–water partition coefficient (Wildman–Crippen LogP) is 3.37. The minimum atomic E-state index is -0.498. The van der Waals surface area contributed by atoms with Crippen molar-refractivity contribution in [3.8, 4) is 11.4 Å². The summed E-state index contributed by atoms with van der Waals surface area (Å²) in [6, 6.07) is 8.71. The van der Waals surface area contributed by atoms with Crippen LogP contribution in [-0.2, 0) is 16.0 Å². The molecule has 0 spiro atoms. The molecule has 31 heavy (non-hydrogen) atoms. The number of hydrogen-bond donors (Lipinski definition) is 2. The second-order valence-electron chi connectivity index (χ2n) is 9.43. The van der Waals surface area contributed by atoms with E-state index in [1.807, 2.05) is 37.8 Å². The molecule has 1 saturated heterocycles. The summed E-state index contributed by atoms with van der Waals surface area (Å²) in [4.78, 5) is 19.0. The van der Waals surface area contributed by atoms with Crippen LogP contribution in [0.1, 0.15) is 45.6 Å². The van der Waals surface area contributed by atoms with Gasteiger partial charge in [0, 0.05) is 24.7 Å². The third kappa shape index (κ3) is 5.43. The summed E-state index contributed by atoms with van der Waals surface area (Å²) in [5.74, 6) is 1.12. The van der Waals surface area contributed by atoms with Crippen LogP contribution in [0.5, 0.6) is 0 Å². The van der Waals surface area contributed by atoms with E-state index >= 15 is 0 Å². The number of nitrogens with zero attached hydrogens (tertiary/aromatic N) is 3. The number of H-pyrrole nitrogens is 1. The fourth-order valence-electron chi connectivity index (χ4n) is 4.65. The van der Waals surface area contributed by atoms with Crippen LogP contribution in [0.3, 0.4) is 0 Å². The molecule has 1 aliphatic heterocycles. The lowest BCUT2D eigenvalue weighted by Gasteiger charge is -2.41. The lowest BCUT2D eigenvalue weighted by Crippen LogP contribution is -2.56. The standard InChI is InChI=1S/C23H33N5O3/c1-23(2,3)31-22(29)28-10-11-30-14-20(28)18-8-5-9-19(18)24-13-16-6-4-7-17(12-16)21-25-15-26-27-21/h4,6-7,12,15,18-20,24H,5,8-11,13-14H2,1-3H3,(H,25,26,27)/t18-,19-,20-/m1/s1. The van der Waals surface area contributed by atoms with Crippen molar-refractivity contribution in [3.05, 3.63) is 36.2 Å². The number of carbonyl (C=O) groups is 1. The molecule has 1 saturated carbocycles. The van der Waals surface area contributed by atoms with Crippen LogP contribution in [0.2, 0.25) is 0 Å². The minimum absolute atomic E-state index is 0.0455. The molecular weight excluding hydrogens is 394 g/mol. The Morgan fingerprint density at radius 2 is 2.23 bits per heavy atom. The van der Waals surface area contributed by atoms with Crippen molar-refractivity contribution in [2.45, 2.75) is 64.3 Å². The Balaban J connectivity index is 1.41. The average molecular weight is 428 g/mol. The number of benzene rings is 1. The van der Waals surface area contributed by atoms with Gasteiger partial charge in [0.1, 0.15) is 11.9 Å². The van der Waals surface area contributed by atoms with Crippen LogP contribution in [0.25, 0.3) is 11.4 Å². The van der Waals surface area contributed by atoms with Crippen LogP contribution < -0.4 is 5.32 Å². The van der Waals surface area contributed by atoms with Gasteiger partial charge in [0.25, 0.3) is 0 Å². The number of ether oxygens (including phenoxy) is 2. The van der Waals surface area contributed by atoms with Gasteiger partial charge in [0.05, 0.1) is 19.3 Å². The maximum Gasteiger partial charge on any atom is 0.410 e. The fourth-order valence-corrected chi connectivity index (χ4v) is 4.65. The van der Waals surface area contributed by atoms with E-state index in [2.05, 4.69) is 32.6 Å². The predicted molar refractivity (Wildman–Crippen MR) is 117 cm³/mol. The number of nitrogens with one attached hydrogen (secondary N) is 2. The maximum absolute atomic E-state index is 12.8. The van der Waals surface area contributed by atoms with Crippen molar-refractivity contribution in [1.82, 2.24) is 25.4 Å². The Morgan fingerprint density at radius 1 is 1.35 bits per heavy atom. The molecule has 2 heterocycles. The Bertz CT molecular complexity index is 864. The molecule has 2 aliphatic rings. The van der Waals surface area contributed by atoms with Crippen molar-refractivity contribution in [1.29, 1.82) is 0 Å². The summed E-state index contributed by atoms with van der Waals surface area (Å²) in [6.45, 7) is 8.22. The highest BCUT2D eigenvalue weighted by Gasteiger charge is 2.41. The summed E-state index contributed by atoms with van der Waals surface area (Å²) in [6.07, 6.45) is 4.63. The van der Waals surface area contributed by atoms with E-state index in [4.69, 9.17) is 9.47 Å². The molecule has 1 aromatic carbocycles. The third-order valence-corrected chi connectivity index (χ3v) is 6.04. The van der Waals surface area contributed by atoms with Gasteiger partial charge < -0.3 is 19.7 Å². The van der Waals surface area contributed by atoms with E-state index in [-0.39, 0.29) is 12.1 Å². The van der Waals surface area contributed by atoms with Gasteiger partial charge in [-0.1, -0.05) is 24.6 Å². The molecule has 3 atom stereocenters. The van der Waals surface area contributed by atoms with Crippen molar-refractivity contribution in [3.63, 3.8) is 0 Å². The molecule has 8 heteroatoms. The molecule has 1 aliphatic carbocycles. The van der Waals surface area contributed by atoms with E-state index in [9.17, 15) is 4.79 Å². The number of rotatable bonds is 5. The van der Waals surface area contributed by atoms with Crippen LogP contribution in [-0.4, -0.2) is 63.6 Å². The monoisotopic (exact) mass is 427 g/mol. The van der Waals surface area contributed by atoms with Crippen molar-refractivity contribution < 1.29 is 14.3 Å². The zero-order chi connectivity index (χ0) is 21.8. The number of aromatic nitrogens is 3. The van der Waals surface area contributed by atoms with Crippen molar-refractivity contribution >= 4 is 6.09 Å².